The molecular formula is C25H28O3. The van der Waals surface area contributed by atoms with Crippen molar-refractivity contribution in [1.82, 2.24) is 0 Å². The Bertz CT molecular complexity index is 967. The van der Waals surface area contributed by atoms with Gasteiger partial charge in [-0.3, -0.25) is 0 Å². The highest BCUT2D eigenvalue weighted by molar-refractivity contribution is 5.82. The van der Waals surface area contributed by atoms with E-state index in [2.05, 4.69) is 68.4 Å². The van der Waals surface area contributed by atoms with E-state index in [0.29, 0.717) is 13.2 Å². The van der Waals surface area contributed by atoms with E-state index < -0.39 is 11.4 Å². The SMILES string of the molecule is CCC1(C)OCC(CC)(c2cccc(OCc3ccc4ccccc4c3)c2)O1. The molecule has 1 saturated heterocycles. The smallest absolute Gasteiger partial charge is 0.166 e. The first kappa shape index (κ1) is 19.0. The molecule has 3 aromatic carbocycles. The number of fused-ring (bicyclic) bond motifs is 1. The molecule has 1 fully saturated rings. The van der Waals surface area contributed by atoms with E-state index >= 15 is 0 Å². The largest absolute Gasteiger partial charge is 0.489 e. The summed E-state index contributed by atoms with van der Waals surface area (Å²) in [5.74, 6) is 0.338. The van der Waals surface area contributed by atoms with Crippen molar-refractivity contribution in [3.05, 3.63) is 77.9 Å². The second-order valence-electron chi connectivity index (χ2n) is 7.72. The lowest BCUT2D eigenvalue weighted by molar-refractivity contribution is -0.179. The monoisotopic (exact) mass is 376 g/mol. The van der Waals surface area contributed by atoms with Gasteiger partial charge in [-0.15, -0.1) is 0 Å². The van der Waals surface area contributed by atoms with Gasteiger partial charge in [0.25, 0.3) is 0 Å². The molecule has 4 rings (SSSR count). The van der Waals surface area contributed by atoms with Crippen LogP contribution in [0.3, 0.4) is 0 Å². The summed E-state index contributed by atoms with van der Waals surface area (Å²) in [5.41, 5.74) is 1.86. The van der Waals surface area contributed by atoms with Gasteiger partial charge in [0.2, 0.25) is 0 Å². The standard InChI is InChI=1S/C25H28O3/c1-4-24(3)27-18-25(5-2,28-24)22-11-8-12-23(16-22)26-17-19-13-14-20-9-6-7-10-21(20)15-19/h6-16H,4-5,17-18H2,1-3H3. The third-order valence-corrected chi connectivity index (χ3v) is 5.81. The normalized spacial score (nSPS) is 24.5. The highest BCUT2D eigenvalue weighted by Crippen LogP contribution is 2.43. The molecule has 2 unspecified atom stereocenters. The van der Waals surface area contributed by atoms with E-state index in [1.807, 2.05) is 19.1 Å². The van der Waals surface area contributed by atoms with Crippen LogP contribution in [0.1, 0.15) is 44.7 Å². The number of hydrogen-bond donors (Lipinski definition) is 0. The van der Waals surface area contributed by atoms with Gasteiger partial charge in [0, 0.05) is 0 Å². The fourth-order valence-corrected chi connectivity index (χ4v) is 3.80. The minimum atomic E-state index is -0.516. The van der Waals surface area contributed by atoms with Crippen molar-refractivity contribution >= 4 is 10.8 Å². The van der Waals surface area contributed by atoms with E-state index in [4.69, 9.17) is 14.2 Å². The van der Waals surface area contributed by atoms with Crippen LogP contribution in [0.4, 0.5) is 0 Å². The zero-order valence-electron chi connectivity index (χ0n) is 16.9. The molecule has 0 radical (unpaired) electrons. The molecule has 3 nitrogen and oxygen atoms in total. The molecule has 0 amide bonds. The van der Waals surface area contributed by atoms with Crippen molar-refractivity contribution in [1.29, 1.82) is 0 Å². The zero-order valence-corrected chi connectivity index (χ0v) is 16.9. The molecule has 3 heteroatoms. The third kappa shape index (κ3) is 3.65. The van der Waals surface area contributed by atoms with Gasteiger partial charge < -0.3 is 14.2 Å². The minimum Gasteiger partial charge on any atom is -0.489 e. The summed E-state index contributed by atoms with van der Waals surface area (Å²) in [4.78, 5) is 0. The maximum absolute atomic E-state index is 6.41. The molecule has 1 aliphatic heterocycles. The lowest BCUT2D eigenvalue weighted by atomic mass is 9.92. The number of hydrogen-bond acceptors (Lipinski definition) is 3. The van der Waals surface area contributed by atoms with Crippen molar-refractivity contribution < 1.29 is 14.2 Å². The maximum Gasteiger partial charge on any atom is 0.166 e. The second kappa shape index (κ2) is 7.57. The second-order valence-corrected chi connectivity index (χ2v) is 7.72. The molecule has 146 valence electrons. The topological polar surface area (TPSA) is 27.7 Å². The van der Waals surface area contributed by atoms with Gasteiger partial charge in [-0.25, -0.2) is 0 Å². The Hall–Kier alpha value is -2.36. The van der Waals surface area contributed by atoms with Crippen LogP contribution in [-0.4, -0.2) is 12.4 Å². The Morgan fingerprint density at radius 3 is 2.46 bits per heavy atom. The molecule has 2 atom stereocenters. The highest BCUT2D eigenvalue weighted by Gasteiger charge is 2.47. The highest BCUT2D eigenvalue weighted by atomic mass is 16.8. The Morgan fingerprint density at radius 2 is 1.71 bits per heavy atom. The maximum atomic E-state index is 6.41. The quantitative estimate of drug-likeness (QED) is 0.513. The summed E-state index contributed by atoms with van der Waals surface area (Å²) in [6.07, 6.45) is 1.68. The summed E-state index contributed by atoms with van der Waals surface area (Å²) in [6, 6.07) is 23.1. The van der Waals surface area contributed by atoms with E-state index in [-0.39, 0.29) is 0 Å². The molecule has 1 heterocycles. The number of benzene rings is 3. The fraction of sp³-hybridized carbons (Fsp3) is 0.360. The van der Waals surface area contributed by atoms with Crippen molar-refractivity contribution in [2.45, 2.75) is 51.6 Å². The van der Waals surface area contributed by atoms with Crippen LogP contribution in [0.25, 0.3) is 10.8 Å². The Morgan fingerprint density at radius 1 is 0.893 bits per heavy atom. The Labute approximate surface area is 167 Å². The average molecular weight is 376 g/mol. The van der Waals surface area contributed by atoms with E-state index in [0.717, 1.165) is 29.7 Å². The van der Waals surface area contributed by atoms with Crippen LogP contribution in [-0.2, 0) is 21.7 Å². The summed E-state index contributed by atoms with van der Waals surface area (Å²) in [5, 5.41) is 2.48. The third-order valence-electron chi connectivity index (χ3n) is 5.81. The van der Waals surface area contributed by atoms with Crippen molar-refractivity contribution in [2.24, 2.45) is 0 Å². The van der Waals surface area contributed by atoms with Crippen LogP contribution in [0.5, 0.6) is 5.75 Å². The summed E-state index contributed by atoms with van der Waals surface area (Å²) < 4.78 is 18.5. The van der Waals surface area contributed by atoms with Gasteiger partial charge in [0.1, 0.15) is 18.0 Å². The predicted molar refractivity (Wildman–Crippen MR) is 112 cm³/mol. The Kier molecular flexibility index (Phi) is 5.13. The van der Waals surface area contributed by atoms with Crippen LogP contribution >= 0.6 is 0 Å². The van der Waals surface area contributed by atoms with Gasteiger partial charge >= 0.3 is 0 Å². The molecule has 0 bridgehead atoms. The molecule has 1 aliphatic rings. The number of ether oxygens (including phenoxy) is 3. The van der Waals surface area contributed by atoms with Crippen molar-refractivity contribution in [2.75, 3.05) is 6.61 Å². The predicted octanol–water partition coefficient (Wildman–Crippen LogP) is 6.20. The summed E-state index contributed by atoms with van der Waals surface area (Å²) in [6.45, 7) is 7.37. The summed E-state index contributed by atoms with van der Waals surface area (Å²) >= 11 is 0. The molecule has 0 aromatic heterocycles. The van der Waals surface area contributed by atoms with E-state index in [1.165, 1.54) is 10.8 Å². The van der Waals surface area contributed by atoms with E-state index in [1.54, 1.807) is 0 Å². The molecule has 3 aromatic rings. The minimum absolute atomic E-state index is 0.410. The van der Waals surface area contributed by atoms with Gasteiger partial charge in [0.15, 0.2) is 5.79 Å². The average Bonchev–Trinajstić information content (AvgIpc) is 3.11. The lowest BCUT2D eigenvalue weighted by Gasteiger charge is -2.30. The van der Waals surface area contributed by atoms with Crippen LogP contribution in [0, 0.1) is 0 Å². The lowest BCUT2D eigenvalue weighted by Crippen LogP contribution is -2.32. The zero-order chi connectivity index (χ0) is 19.6. The number of rotatable bonds is 6. The first-order valence-corrected chi connectivity index (χ1v) is 10.1. The summed E-state index contributed by atoms with van der Waals surface area (Å²) in [7, 11) is 0. The van der Waals surface area contributed by atoms with Gasteiger partial charge in [-0.05, 0) is 59.9 Å². The van der Waals surface area contributed by atoms with Crippen LogP contribution < -0.4 is 4.74 Å². The molecule has 0 saturated carbocycles. The van der Waals surface area contributed by atoms with Gasteiger partial charge in [0.05, 0.1) is 6.61 Å². The van der Waals surface area contributed by atoms with Gasteiger partial charge in [-0.2, -0.15) is 0 Å². The van der Waals surface area contributed by atoms with Crippen LogP contribution in [0.15, 0.2) is 66.7 Å². The fourth-order valence-electron chi connectivity index (χ4n) is 3.80. The van der Waals surface area contributed by atoms with Crippen molar-refractivity contribution in [3.63, 3.8) is 0 Å². The van der Waals surface area contributed by atoms with Gasteiger partial charge in [-0.1, -0.05) is 62.4 Å². The molecule has 0 N–H and O–H groups in total. The molecule has 28 heavy (non-hydrogen) atoms. The Balaban J connectivity index is 1.52. The molecule has 0 aliphatic carbocycles. The molecular weight excluding hydrogens is 348 g/mol. The first-order valence-electron chi connectivity index (χ1n) is 10.1. The molecule has 0 spiro atoms. The first-order chi connectivity index (χ1) is 13.6. The van der Waals surface area contributed by atoms with Crippen LogP contribution in [0.2, 0.25) is 0 Å². The van der Waals surface area contributed by atoms with E-state index in [9.17, 15) is 0 Å². The van der Waals surface area contributed by atoms with Crippen molar-refractivity contribution in [3.8, 4) is 5.75 Å².